The lowest BCUT2D eigenvalue weighted by Crippen LogP contribution is -2.20. The molecule has 3 nitrogen and oxygen atoms in total. The van der Waals surface area contributed by atoms with Crippen LogP contribution in [0.4, 0.5) is 5.82 Å². The van der Waals surface area contributed by atoms with E-state index in [1.54, 1.807) is 0 Å². The van der Waals surface area contributed by atoms with Crippen molar-refractivity contribution in [2.45, 2.75) is 12.8 Å². The molecule has 3 heteroatoms. The van der Waals surface area contributed by atoms with E-state index >= 15 is 0 Å². The van der Waals surface area contributed by atoms with Gasteiger partial charge in [0, 0.05) is 12.1 Å². The third-order valence-electron chi connectivity index (χ3n) is 1.92. The van der Waals surface area contributed by atoms with Gasteiger partial charge in [0.1, 0.15) is 5.82 Å². The molecule has 0 spiro atoms. The molecule has 61 valence electrons. The summed E-state index contributed by atoms with van der Waals surface area (Å²) in [7, 11) is 0. The van der Waals surface area contributed by atoms with E-state index in [1.807, 2.05) is 12.1 Å². The van der Waals surface area contributed by atoms with Crippen molar-refractivity contribution in [2.24, 2.45) is 0 Å². The molecular weight excluding hydrogens is 152 g/mol. The van der Waals surface area contributed by atoms with E-state index in [2.05, 4.69) is 17.2 Å². The molecule has 1 aliphatic heterocycles. The normalized spacial score (nSPS) is 15.2. The molecule has 1 radical (unpaired) electrons. The maximum Gasteiger partial charge on any atom is 0.225 e. The lowest BCUT2D eigenvalue weighted by Gasteiger charge is -2.15. The average Bonchev–Trinajstić information content (AvgIpc) is 2.03. The first-order valence-electron chi connectivity index (χ1n) is 3.87. The van der Waals surface area contributed by atoms with Gasteiger partial charge < -0.3 is 5.32 Å². The summed E-state index contributed by atoms with van der Waals surface area (Å²) < 4.78 is 0. The van der Waals surface area contributed by atoms with Crippen LogP contribution in [0.1, 0.15) is 17.7 Å². The smallest absolute Gasteiger partial charge is 0.225 e. The molecular formula is C9H9N2O. The zero-order valence-corrected chi connectivity index (χ0v) is 6.63. The summed E-state index contributed by atoms with van der Waals surface area (Å²) in [6.45, 7) is 3.69. The Morgan fingerprint density at radius 3 is 3.08 bits per heavy atom. The summed E-state index contributed by atoms with van der Waals surface area (Å²) in [5.74, 6) is 0.722. The van der Waals surface area contributed by atoms with E-state index < -0.39 is 0 Å². The Morgan fingerprint density at radius 1 is 1.42 bits per heavy atom. The molecule has 0 saturated carbocycles. The fourth-order valence-corrected chi connectivity index (χ4v) is 1.28. The van der Waals surface area contributed by atoms with Crippen LogP contribution in [-0.4, -0.2) is 10.9 Å². The standard InChI is InChI=1S/C9H9N2O/c1-6-2-3-7-4-5-8(12)11-9(7)10-6/h2-3H,1,4-5H2,(H,10,11,12). The molecule has 1 amide bonds. The first kappa shape index (κ1) is 7.28. The minimum Gasteiger partial charge on any atom is -0.310 e. The van der Waals surface area contributed by atoms with Gasteiger partial charge in [0.05, 0.1) is 0 Å². The Morgan fingerprint density at radius 2 is 2.25 bits per heavy atom. The predicted octanol–water partition coefficient (Wildman–Crippen LogP) is 1.15. The van der Waals surface area contributed by atoms with Gasteiger partial charge >= 0.3 is 0 Å². The van der Waals surface area contributed by atoms with Gasteiger partial charge in [-0.15, -0.1) is 0 Å². The number of nitrogens with one attached hydrogen (secondary N) is 1. The molecule has 0 fully saturated rings. The quantitative estimate of drug-likeness (QED) is 0.620. The number of carbonyl (C=O) groups is 1. The first-order valence-corrected chi connectivity index (χ1v) is 3.87. The number of rotatable bonds is 0. The highest BCUT2D eigenvalue weighted by Gasteiger charge is 2.14. The predicted molar refractivity (Wildman–Crippen MR) is 45.6 cm³/mol. The van der Waals surface area contributed by atoms with Gasteiger partial charge in [-0.2, -0.15) is 0 Å². The molecule has 0 aliphatic carbocycles. The number of hydrogen-bond acceptors (Lipinski definition) is 2. The van der Waals surface area contributed by atoms with E-state index in [9.17, 15) is 4.79 Å². The molecule has 0 saturated heterocycles. The van der Waals surface area contributed by atoms with Crippen LogP contribution in [0.3, 0.4) is 0 Å². The minimum atomic E-state index is 0.0422. The van der Waals surface area contributed by atoms with Crippen LogP contribution in [0.2, 0.25) is 0 Å². The Labute approximate surface area is 70.8 Å². The van der Waals surface area contributed by atoms with Gasteiger partial charge in [0.2, 0.25) is 5.91 Å². The molecule has 1 aromatic rings. The van der Waals surface area contributed by atoms with Gasteiger partial charge in [-0.1, -0.05) is 6.07 Å². The van der Waals surface area contributed by atoms with Crippen molar-refractivity contribution in [3.8, 4) is 0 Å². The first-order chi connectivity index (χ1) is 5.75. The zero-order chi connectivity index (χ0) is 8.55. The summed E-state index contributed by atoms with van der Waals surface area (Å²) in [5, 5.41) is 2.71. The molecule has 0 bridgehead atoms. The molecule has 2 heterocycles. The average molecular weight is 161 g/mol. The number of fused-ring (bicyclic) bond motifs is 1. The molecule has 12 heavy (non-hydrogen) atoms. The number of aryl methyl sites for hydroxylation is 1. The molecule has 1 N–H and O–H groups in total. The van der Waals surface area contributed by atoms with Crippen LogP contribution < -0.4 is 5.32 Å². The lowest BCUT2D eigenvalue weighted by atomic mass is 10.1. The molecule has 1 aliphatic rings. The highest BCUT2D eigenvalue weighted by molar-refractivity contribution is 5.92. The second-order valence-corrected chi connectivity index (χ2v) is 2.86. The lowest BCUT2D eigenvalue weighted by molar-refractivity contribution is -0.116. The topological polar surface area (TPSA) is 42.0 Å². The summed E-state index contributed by atoms with van der Waals surface area (Å²) in [6, 6.07) is 3.82. The fourth-order valence-electron chi connectivity index (χ4n) is 1.28. The van der Waals surface area contributed by atoms with Crippen molar-refractivity contribution in [1.29, 1.82) is 0 Å². The number of nitrogens with zero attached hydrogens (tertiary/aromatic N) is 1. The van der Waals surface area contributed by atoms with Gasteiger partial charge in [-0.3, -0.25) is 4.79 Å². The Balaban J connectivity index is 2.44. The highest BCUT2D eigenvalue weighted by Crippen LogP contribution is 2.19. The van der Waals surface area contributed by atoms with Crippen LogP contribution >= 0.6 is 0 Å². The van der Waals surface area contributed by atoms with Crippen LogP contribution in [0.15, 0.2) is 12.1 Å². The molecule has 1 aromatic heterocycles. The molecule has 0 unspecified atom stereocenters. The van der Waals surface area contributed by atoms with Crippen LogP contribution in [0.5, 0.6) is 0 Å². The monoisotopic (exact) mass is 161 g/mol. The van der Waals surface area contributed by atoms with Gasteiger partial charge in [0.25, 0.3) is 0 Å². The van der Waals surface area contributed by atoms with E-state index in [-0.39, 0.29) is 5.91 Å². The van der Waals surface area contributed by atoms with E-state index in [4.69, 9.17) is 0 Å². The van der Waals surface area contributed by atoms with Crippen molar-refractivity contribution < 1.29 is 4.79 Å². The summed E-state index contributed by atoms with van der Waals surface area (Å²) >= 11 is 0. The van der Waals surface area contributed by atoms with Crippen molar-refractivity contribution in [3.05, 3.63) is 30.3 Å². The maximum atomic E-state index is 11.0. The fraction of sp³-hybridized carbons (Fsp3) is 0.222. The van der Waals surface area contributed by atoms with Gasteiger partial charge in [-0.05, 0) is 25.0 Å². The van der Waals surface area contributed by atoms with Crippen molar-refractivity contribution in [3.63, 3.8) is 0 Å². The van der Waals surface area contributed by atoms with Crippen molar-refractivity contribution in [1.82, 2.24) is 4.98 Å². The van der Waals surface area contributed by atoms with E-state index in [0.29, 0.717) is 17.9 Å². The second kappa shape index (κ2) is 2.59. The largest absolute Gasteiger partial charge is 0.310 e. The number of pyridine rings is 1. The molecule has 0 aromatic carbocycles. The maximum absolute atomic E-state index is 11.0. The molecule has 0 atom stereocenters. The van der Waals surface area contributed by atoms with Crippen LogP contribution in [0, 0.1) is 6.92 Å². The number of anilines is 1. The van der Waals surface area contributed by atoms with Gasteiger partial charge in [-0.25, -0.2) is 4.98 Å². The minimum absolute atomic E-state index is 0.0422. The number of amides is 1. The van der Waals surface area contributed by atoms with Crippen LogP contribution in [-0.2, 0) is 11.2 Å². The summed E-state index contributed by atoms with van der Waals surface area (Å²) in [6.07, 6.45) is 1.35. The zero-order valence-electron chi connectivity index (χ0n) is 6.63. The molecule has 2 rings (SSSR count). The second-order valence-electron chi connectivity index (χ2n) is 2.86. The van der Waals surface area contributed by atoms with Crippen molar-refractivity contribution >= 4 is 11.7 Å². The summed E-state index contributed by atoms with van der Waals surface area (Å²) in [5.41, 5.74) is 1.79. The SMILES string of the molecule is [CH2]c1ccc2c(n1)NC(=O)CC2. The van der Waals surface area contributed by atoms with Crippen LogP contribution in [0.25, 0.3) is 0 Å². The van der Waals surface area contributed by atoms with E-state index in [1.165, 1.54) is 0 Å². The Hall–Kier alpha value is -1.38. The third kappa shape index (κ3) is 1.18. The number of aromatic nitrogens is 1. The highest BCUT2D eigenvalue weighted by atomic mass is 16.1. The Bertz CT molecular complexity index is 333. The number of hydrogen-bond donors (Lipinski definition) is 1. The van der Waals surface area contributed by atoms with Crippen molar-refractivity contribution in [2.75, 3.05) is 5.32 Å². The van der Waals surface area contributed by atoms with Gasteiger partial charge in [0.15, 0.2) is 0 Å². The summed E-state index contributed by atoms with van der Waals surface area (Å²) in [4.78, 5) is 15.1. The Kier molecular flexibility index (Phi) is 1.57. The third-order valence-corrected chi connectivity index (χ3v) is 1.92. The van der Waals surface area contributed by atoms with E-state index in [0.717, 1.165) is 12.0 Å². The number of carbonyl (C=O) groups excluding carboxylic acids is 1.